The number of rotatable bonds is 7. The number of nitrogens with two attached hydrogens (primary N) is 2. The molecule has 2 unspecified atom stereocenters. The summed E-state index contributed by atoms with van der Waals surface area (Å²) in [7, 11) is 0. The molecule has 2 atom stereocenters. The van der Waals surface area contributed by atoms with Crippen molar-refractivity contribution in [2.24, 2.45) is 16.7 Å². The third kappa shape index (κ3) is 4.20. The summed E-state index contributed by atoms with van der Waals surface area (Å²) < 4.78 is 0. The molecule has 2 rings (SSSR count). The number of benzene rings is 1. The molecule has 4 amide bonds. The van der Waals surface area contributed by atoms with Crippen molar-refractivity contribution in [2.45, 2.75) is 18.5 Å². The summed E-state index contributed by atoms with van der Waals surface area (Å²) in [4.78, 5) is 48.2. The van der Waals surface area contributed by atoms with Crippen molar-refractivity contribution in [2.75, 3.05) is 13.1 Å². The largest absolute Gasteiger partial charge is 0.480 e. The third-order valence-electron chi connectivity index (χ3n) is 4.12. The van der Waals surface area contributed by atoms with Crippen LogP contribution in [-0.2, 0) is 19.9 Å². The number of hydrazone groups is 1. The molecule has 0 aromatic heterocycles. The van der Waals surface area contributed by atoms with Gasteiger partial charge in [0.1, 0.15) is 18.1 Å². The molecule has 1 aliphatic rings. The van der Waals surface area contributed by atoms with Crippen molar-refractivity contribution in [3.05, 3.63) is 35.4 Å². The molecule has 1 aliphatic heterocycles. The van der Waals surface area contributed by atoms with Gasteiger partial charge in [0.25, 0.3) is 5.91 Å². The van der Waals surface area contributed by atoms with Crippen LogP contribution < -0.4 is 22.2 Å². The van der Waals surface area contributed by atoms with Gasteiger partial charge in [0.2, 0.25) is 5.91 Å². The first kappa shape index (κ1) is 19.8. The number of carboxylic acids is 1. The van der Waals surface area contributed by atoms with Crippen molar-refractivity contribution < 1.29 is 24.3 Å². The lowest BCUT2D eigenvalue weighted by atomic mass is 9.91. The van der Waals surface area contributed by atoms with Gasteiger partial charge in [0.05, 0.1) is 6.21 Å². The average Bonchev–Trinajstić information content (AvgIpc) is 2.84. The van der Waals surface area contributed by atoms with E-state index in [9.17, 15) is 19.2 Å². The minimum Gasteiger partial charge on any atom is -0.480 e. The zero-order valence-corrected chi connectivity index (χ0v) is 14.5. The van der Waals surface area contributed by atoms with Crippen molar-refractivity contribution in [1.29, 1.82) is 0 Å². The smallest absolute Gasteiger partial charge is 0.325 e. The maximum Gasteiger partial charge on any atom is 0.325 e. The van der Waals surface area contributed by atoms with E-state index in [0.717, 1.165) is 4.90 Å². The number of hydrogen-bond donors (Lipinski definition) is 5. The lowest BCUT2D eigenvalue weighted by Crippen LogP contribution is -2.47. The molecule has 11 nitrogen and oxygen atoms in total. The highest BCUT2D eigenvalue weighted by Gasteiger charge is 2.49. The van der Waals surface area contributed by atoms with E-state index in [2.05, 4.69) is 15.7 Å². The van der Waals surface area contributed by atoms with Crippen LogP contribution in [0.1, 0.15) is 18.1 Å². The molecule has 0 radical (unpaired) electrons. The van der Waals surface area contributed by atoms with Gasteiger partial charge in [-0.2, -0.15) is 5.10 Å². The lowest BCUT2D eigenvalue weighted by molar-refractivity contribution is -0.139. The fraction of sp³-hybridized carbons (Fsp3) is 0.312. The van der Waals surface area contributed by atoms with E-state index in [-0.39, 0.29) is 6.54 Å². The molecule has 144 valence electrons. The molecule has 27 heavy (non-hydrogen) atoms. The van der Waals surface area contributed by atoms with E-state index in [1.807, 2.05) is 0 Å². The molecule has 11 heteroatoms. The van der Waals surface area contributed by atoms with Gasteiger partial charge in [-0.3, -0.25) is 19.3 Å². The van der Waals surface area contributed by atoms with Crippen LogP contribution in [0.4, 0.5) is 4.79 Å². The first-order valence-corrected chi connectivity index (χ1v) is 7.92. The second-order valence-electron chi connectivity index (χ2n) is 6.10. The first-order chi connectivity index (χ1) is 12.7. The van der Waals surface area contributed by atoms with Crippen LogP contribution in [0.3, 0.4) is 0 Å². The molecule has 1 heterocycles. The number of urea groups is 1. The highest BCUT2D eigenvalue weighted by atomic mass is 16.4. The molecule has 0 saturated carbocycles. The summed E-state index contributed by atoms with van der Waals surface area (Å²) in [5, 5.41) is 16.9. The first-order valence-electron chi connectivity index (χ1n) is 7.92. The van der Waals surface area contributed by atoms with Crippen molar-refractivity contribution in [3.8, 4) is 0 Å². The number of imide groups is 1. The monoisotopic (exact) mass is 376 g/mol. The quantitative estimate of drug-likeness (QED) is 0.162. The Morgan fingerprint density at radius 3 is 2.56 bits per heavy atom. The minimum absolute atomic E-state index is 0.320. The van der Waals surface area contributed by atoms with Gasteiger partial charge in [-0.25, -0.2) is 4.79 Å². The predicted octanol–water partition coefficient (Wildman–Crippen LogP) is -1.73. The van der Waals surface area contributed by atoms with E-state index in [1.54, 1.807) is 24.3 Å². The van der Waals surface area contributed by atoms with Crippen LogP contribution >= 0.6 is 0 Å². The topological polar surface area (TPSA) is 180 Å². The van der Waals surface area contributed by atoms with Crippen molar-refractivity contribution >= 4 is 30.0 Å². The highest BCUT2D eigenvalue weighted by Crippen LogP contribution is 2.28. The van der Waals surface area contributed by atoms with Crippen LogP contribution in [-0.4, -0.2) is 59.2 Å². The Kier molecular flexibility index (Phi) is 5.75. The number of amides is 4. The van der Waals surface area contributed by atoms with E-state index in [4.69, 9.17) is 16.7 Å². The van der Waals surface area contributed by atoms with Gasteiger partial charge in [0.15, 0.2) is 0 Å². The van der Waals surface area contributed by atoms with Crippen LogP contribution in [0.25, 0.3) is 0 Å². The zero-order valence-electron chi connectivity index (χ0n) is 14.5. The summed E-state index contributed by atoms with van der Waals surface area (Å²) in [6.45, 7) is 0.654. The SMILES string of the molecule is CC1(c2ccc(/C=N/N)cc2)NC(=O)N(CC(=O)NCC(N)C(=O)O)C1=O. The van der Waals surface area contributed by atoms with Gasteiger partial charge in [0, 0.05) is 6.54 Å². The molecule has 1 saturated heterocycles. The average molecular weight is 376 g/mol. The number of hydrogen-bond acceptors (Lipinski definition) is 7. The van der Waals surface area contributed by atoms with Gasteiger partial charge in [-0.1, -0.05) is 24.3 Å². The van der Waals surface area contributed by atoms with Gasteiger partial charge < -0.3 is 27.3 Å². The number of nitrogens with one attached hydrogen (secondary N) is 2. The van der Waals surface area contributed by atoms with Crippen molar-refractivity contribution in [1.82, 2.24) is 15.5 Å². The second-order valence-corrected chi connectivity index (χ2v) is 6.10. The molecular weight excluding hydrogens is 356 g/mol. The van der Waals surface area contributed by atoms with E-state index in [0.29, 0.717) is 11.1 Å². The van der Waals surface area contributed by atoms with Gasteiger partial charge in [-0.15, -0.1) is 0 Å². The van der Waals surface area contributed by atoms with Gasteiger partial charge in [-0.05, 0) is 18.1 Å². The molecule has 7 N–H and O–H groups in total. The normalized spacial score (nSPS) is 20.6. The highest BCUT2D eigenvalue weighted by molar-refractivity contribution is 6.09. The molecule has 0 bridgehead atoms. The van der Waals surface area contributed by atoms with Crippen LogP contribution in [0.5, 0.6) is 0 Å². The standard InChI is InChI=1S/C16H20N6O5/c1-16(10-4-2-9(3-5-10)6-20-18)14(26)22(15(27)21-16)8-12(23)19-7-11(17)13(24)25/h2-6,11H,7-8,17-18H2,1H3,(H,19,23)(H,21,27)(H,24,25)/b20-6+. The fourth-order valence-corrected chi connectivity index (χ4v) is 2.54. The number of carbonyl (C=O) groups excluding carboxylic acids is 3. The Morgan fingerprint density at radius 1 is 1.37 bits per heavy atom. The summed E-state index contributed by atoms with van der Waals surface area (Å²) in [5.41, 5.74) is 5.18. The van der Waals surface area contributed by atoms with Crippen molar-refractivity contribution in [3.63, 3.8) is 0 Å². The summed E-state index contributed by atoms with van der Waals surface area (Å²) in [6.07, 6.45) is 1.43. The third-order valence-corrected chi connectivity index (χ3v) is 4.12. The predicted molar refractivity (Wildman–Crippen MR) is 94.4 cm³/mol. The van der Waals surface area contributed by atoms with Gasteiger partial charge >= 0.3 is 12.0 Å². The summed E-state index contributed by atoms with van der Waals surface area (Å²) >= 11 is 0. The Hall–Kier alpha value is -3.47. The molecule has 1 aromatic carbocycles. The summed E-state index contributed by atoms with van der Waals surface area (Å²) in [5.74, 6) is 2.50. The molecule has 1 fully saturated rings. The minimum atomic E-state index is -1.34. The van der Waals surface area contributed by atoms with E-state index < -0.39 is 41.9 Å². The molecule has 1 aromatic rings. The molecule has 0 spiro atoms. The Balaban J connectivity index is 2.09. The number of nitrogens with zero attached hydrogens (tertiary/aromatic N) is 2. The Morgan fingerprint density at radius 2 is 2.00 bits per heavy atom. The number of carbonyl (C=O) groups is 4. The maximum absolute atomic E-state index is 12.7. The maximum atomic E-state index is 12.7. The molecule has 0 aliphatic carbocycles. The number of carboxylic acid groups (broad SMARTS) is 1. The van der Waals surface area contributed by atoms with Crippen LogP contribution in [0.2, 0.25) is 0 Å². The Bertz CT molecular complexity index is 793. The van der Waals surface area contributed by atoms with E-state index >= 15 is 0 Å². The zero-order chi connectivity index (χ0) is 20.2. The second kappa shape index (κ2) is 7.83. The fourth-order valence-electron chi connectivity index (χ4n) is 2.54. The number of aliphatic carboxylic acids is 1. The lowest BCUT2D eigenvalue weighted by Gasteiger charge is -2.22. The van der Waals surface area contributed by atoms with E-state index in [1.165, 1.54) is 13.1 Å². The Labute approximate surface area is 154 Å². The van der Waals surface area contributed by atoms with Crippen LogP contribution in [0.15, 0.2) is 29.4 Å². The molecular formula is C16H20N6O5. The summed E-state index contributed by atoms with van der Waals surface area (Å²) in [6, 6.07) is 4.64. The van der Waals surface area contributed by atoms with Crippen LogP contribution in [0, 0.1) is 0 Å².